The van der Waals surface area contributed by atoms with E-state index in [1.54, 1.807) is 22.9 Å². The highest BCUT2D eigenvalue weighted by Gasteiger charge is 2.51. The van der Waals surface area contributed by atoms with Crippen LogP contribution in [0.4, 0.5) is 10.2 Å². The lowest BCUT2D eigenvalue weighted by atomic mass is 9.94. The molecule has 8 nitrogen and oxygen atoms in total. The second-order valence-corrected chi connectivity index (χ2v) is 11.8. The largest absolute Gasteiger partial charge is 0.486 e. The summed E-state index contributed by atoms with van der Waals surface area (Å²) in [5, 5.41) is 0.918. The number of aryl methyl sites for hydroxylation is 1. The number of hydrogen-bond acceptors (Lipinski definition) is 6. The molecule has 42 heavy (non-hydrogen) atoms. The fourth-order valence-electron chi connectivity index (χ4n) is 6.55. The fourth-order valence-corrected chi connectivity index (χ4v) is 6.84. The Balaban J connectivity index is 1.55. The molecule has 214 valence electrons. The van der Waals surface area contributed by atoms with E-state index in [1.807, 2.05) is 37.8 Å². The molecule has 2 fully saturated rings. The van der Waals surface area contributed by atoms with Crippen molar-refractivity contribution in [1.82, 2.24) is 19.4 Å². The van der Waals surface area contributed by atoms with Gasteiger partial charge < -0.3 is 14.5 Å². The Morgan fingerprint density at radius 3 is 2.79 bits per heavy atom. The van der Waals surface area contributed by atoms with Crippen molar-refractivity contribution in [2.24, 2.45) is 0 Å². The van der Waals surface area contributed by atoms with Crippen LogP contribution in [-0.2, 0) is 11.4 Å². The van der Waals surface area contributed by atoms with Crippen molar-refractivity contribution in [3.8, 4) is 22.6 Å². The van der Waals surface area contributed by atoms with E-state index >= 15 is 4.39 Å². The lowest BCUT2D eigenvalue weighted by Gasteiger charge is -2.35. The summed E-state index contributed by atoms with van der Waals surface area (Å²) in [7, 11) is 0. The van der Waals surface area contributed by atoms with Crippen LogP contribution in [0.2, 0.25) is 5.02 Å². The molecule has 4 aromatic rings. The van der Waals surface area contributed by atoms with Crippen LogP contribution in [0.15, 0.2) is 54.0 Å². The Bertz CT molecular complexity index is 1890. The van der Waals surface area contributed by atoms with Crippen LogP contribution in [0.5, 0.6) is 5.75 Å². The molecular weight excluding hydrogens is 557 g/mol. The second-order valence-electron chi connectivity index (χ2n) is 11.4. The molecule has 0 radical (unpaired) electrons. The molecule has 2 aromatic heterocycles. The maximum atomic E-state index is 15.4. The van der Waals surface area contributed by atoms with E-state index in [2.05, 4.69) is 21.4 Å². The smallest absolute Gasteiger partial charge is 0.354 e. The first-order valence-electron chi connectivity index (χ1n) is 14.1. The Hall–Kier alpha value is -4.24. The minimum absolute atomic E-state index is 0.00596. The molecule has 10 heteroatoms. The number of carbonyl (C=O) groups excluding carboxylic acids is 1. The molecule has 1 amide bonds. The van der Waals surface area contributed by atoms with Crippen molar-refractivity contribution >= 4 is 34.2 Å². The van der Waals surface area contributed by atoms with Gasteiger partial charge >= 0.3 is 5.69 Å². The van der Waals surface area contributed by atoms with Gasteiger partial charge in [-0.1, -0.05) is 44.2 Å². The van der Waals surface area contributed by atoms with Crippen LogP contribution in [-0.4, -0.2) is 50.5 Å². The number of anilines is 1. The van der Waals surface area contributed by atoms with Crippen LogP contribution >= 0.6 is 11.6 Å². The van der Waals surface area contributed by atoms with Crippen molar-refractivity contribution in [3.63, 3.8) is 0 Å². The summed E-state index contributed by atoms with van der Waals surface area (Å²) < 4.78 is 23.3. The Kier molecular flexibility index (Phi) is 6.13. The number of amides is 1. The third-order valence-corrected chi connectivity index (χ3v) is 8.85. The molecule has 2 unspecified atom stereocenters. The molecule has 4 heterocycles. The summed E-state index contributed by atoms with van der Waals surface area (Å²) in [5.74, 6) is 0.304. The molecule has 1 saturated heterocycles. The van der Waals surface area contributed by atoms with Crippen LogP contribution in [0.25, 0.3) is 27.7 Å². The first-order chi connectivity index (χ1) is 20.2. The molecular formula is C32H29ClFN5O3. The van der Waals surface area contributed by atoms with Crippen molar-refractivity contribution in [2.45, 2.75) is 51.8 Å². The molecule has 2 aliphatic heterocycles. The van der Waals surface area contributed by atoms with E-state index in [1.165, 1.54) is 12.1 Å². The van der Waals surface area contributed by atoms with Crippen molar-refractivity contribution in [3.05, 3.63) is 87.3 Å². The topological polar surface area (TPSA) is 80.6 Å². The Morgan fingerprint density at radius 2 is 2.02 bits per heavy atom. The number of fused-ring (bicyclic) bond motifs is 6. The van der Waals surface area contributed by atoms with E-state index in [9.17, 15) is 9.59 Å². The van der Waals surface area contributed by atoms with Gasteiger partial charge in [-0.2, -0.15) is 4.98 Å². The van der Waals surface area contributed by atoms with Gasteiger partial charge in [0.25, 0.3) is 0 Å². The summed E-state index contributed by atoms with van der Waals surface area (Å²) in [6.45, 7) is 10.7. The van der Waals surface area contributed by atoms with Crippen molar-refractivity contribution in [2.75, 3.05) is 18.0 Å². The minimum Gasteiger partial charge on any atom is -0.486 e. The predicted molar refractivity (Wildman–Crippen MR) is 160 cm³/mol. The summed E-state index contributed by atoms with van der Waals surface area (Å²) in [5.41, 5.74) is 3.63. The number of rotatable bonds is 4. The summed E-state index contributed by atoms with van der Waals surface area (Å²) in [6, 6.07) is 8.50. The summed E-state index contributed by atoms with van der Waals surface area (Å²) >= 11 is 6.96. The highest BCUT2D eigenvalue weighted by molar-refractivity contribution is 6.35. The Labute approximate surface area is 247 Å². The molecule has 1 aliphatic carbocycles. The molecule has 2 atom stereocenters. The number of pyridine rings is 1. The van der Waals surface area contributed by atoms with Gasteiger partial charge in [0.05, 0.1) is 28.5 Å². The lowest BCUT2D eigenvalue weighted by molar-refractivity contribution is -0.126. The lowest BCUT2D eigenvalue weighted by Crippen LogP contribution is -2.49. The van der Waals surface area contributed by atoms with Gasteiger partial charge in [0.1, 0.15) is 23.8 Å². The van der Waals surface area contributed by atoms with Crippen molar-refractivity contribution < 1.29 is 13.9 Å². The molecule has 0 spiro atoms. The number of ether oxygens (including phenoxy) is 1. The second kappa shape index (κ2) is 9.66. The number of hydrogen-bond donors (Lipinski definition) is 0. The first kappa shape index (κ1) is 26.6. The van der Waals surface area contributed by atoms with Gasteiger partial charge in [-0.05, 0) is 49.1 Å². The molecule has 7 rings (SSSR count). The van der Waals surface area contributed by atoms with Gasteiger partial charge in [-0.3, -0.25) is 14.3 Å². The van der Waals surface area contributed by atoms with E-state index < -0.39 is 11.5 Å². The number of halogens is 2. The molecule has 2 aromatic carbocycles. The quantitative estimate of drug-likeness (QED) is 0.293. The number of carbonyl (C=O) groups is 1. The van der Waals surface area contributed by atoms with Gasteiger partial charge in [0.2, 0.25) is 5.91 Å². The van der Waals surface area contributed by atoms with Crippen LogP contribution in [0, 0.1) is 12.7 Å². The molecule has 0 bridgehead atoms. The average molecular weight is 586 g/mol. The summed E-state index contributed by atoms with van der Waals surface area (Å²) in [6.07, 6.45) is 3.83. The van der Waals surface area contributed by atoms with Crippen molar-refractivity contribution in [1.29, 1.82) is 0 Å². The third kappa shape index (κ3) is 3.86. The summed E-state index contributed by atoms with van der Waals surface area (Å²) in [4.78, 5) is 39.8. The average Bonchev–Trinajstić information content (AvgIpc) is 3.78. The zero-order valence-electron chi connectivity index (χ0n) is 23.5. The van der Waals surface area contributed by atoms with E-state index in [4.69, 9.17) is 16.3 Å². The predicted octanol–water partition coefficient (Wildman–Crippen LogP) is 5.54. The Morgan fingerprint density at radius 1 is 1.21 bits per heavy atom. The zero-order valence-corrected chi connectivity index (χ0v) is 24.3. The maximum absolute atomic E-state index is 15.4. The van der Waals surface area contributed by atoms with E-state index in [-0.39, 0.29) is 30.5 Å². The minimum atomic E-state index is -0.496. The SMILES string of the molecule is C=CC(=O)N1CCN(c2nc(=O)n(-c3c(C)ccnc3C(C)C)c3c4c(c(Cl)cc23)-c2c(F)cccc2CO4)C2CC21. The first-order valence-corrected chi connectivity index (χ1v) is 14.4. The van der Waals surface area contributed by atoms with E-state index in [0.717, 1.165) is 17.7 Å². The van der Waals surface area contributed by atoms with Gasteiger partial charge in [0, 0.05) is 41.4 Å². The molecule has 0 N–H and O–H groups in total. The molecule has 3 aliphatic rings. The number of piperazine rings is 1. The van der Waals surface area contributed by atoms with Gasteiger partial charge in [-0.15, -0.1) is 0 Å². The third-order valence-electron chi connectivity index (χ3n) is 8.55. The van der Waals surface area contributed by atoms with Crippen LogP contribution in [0.3, 0.4) is 0 Å². The van der Waals surface area contributed by atoms with Crippen LogP contribution < -0.4 is 15.3 Å². The maximum Gasteiger partial charge on any atom is 0.354 e. The van der Waals surface area contributed by atoms with E-state index in [0.29, 0.717) is 63.0 Å². The molecule has 1 saturated carbocycles. The number of nitrogens with zero attached hydrogens (tertiary/aromatic N) is 5. The number of aromatic nitrogens is 3. The monoisotopic (exact) mass is 585 g/mol. The van der Waals surface area contributed by atoms with Gasteiger partial charge in [-0.25, -0.2) is 9.18 Å². The zero-order chi connectivity index (χ0) is 29.4. The number of benzene rings is 2. The standard InChI is InChI=1S/C32H29ClFN5O3/c1-5-24(40)37-11-12-38(23-14-22(23)37)31-19-13-20(33)26-25-18(7-6-8-21(25)34)15-42-30(26)29(19)39(32(41)36-31)28-17(4)9-10-35-27(28)16(2)3/h5-10,13,16,22-23H,1,11-12,14-15H2,2-4H3. The van der Waals surface area contributed by atoms with Crippen LogP contribution in [0.1, 0.15) is 43.0 Å². The highest BCUT2D eigenvalue weighted by Crippen LogP contribution is 2.50. The normalized spacial score (nSPS) is 18.8. The highest BCUT2D eigenvalue weighted by atomic mass is 35.5. The fraction of sp³-hybridized carbons (Fsp3) is 0.312. The van der Waals surface area contributed by atoms with Gasteiger partial charge in [0.15, 0.2) is 5.75 Å².